The van der Waals surface area contributed by atoms with E-state index in [9.17, 15) is 0 Å². The van der Waals surface area contributed by atoms with Gasteiger partial charge in [0.15, 0.2) is 6.19 Å². The molecule has 0 bridgehead atoms. The van der Waals surface area contributed by atoms with Crippen LogP contribution in [-0.2, 0) is 0 Å². The van der Waals surface area contributed by atoms with Gasteiger partial charge in [-0.25, -0.2) is 4.79 Å². The van der Waals surface area contributed by atoms with E-state index in [-0.39, 0.29) is 29.6 Å². The maximum absolute atomic E-state index is 8.56. The van der Waals surface area contributed by atoms with Crippen LogP contribution in [0, 0.1) is 11.5 Å². The first kappa shape index (κ1) is 15.6. The van der Waals surface area contributed by atoms with E-state index in [1.54, 1.807) is 0 Å². The number of nitrogens with two attached hydrogens (primary N) is 1. The Morgan fingerprint density at radius 2 is 1.62 bits per heavy atom. The van der Waals surface area contributed by atoms with Gasteiger partial charge in [0.2, 0.25) is 0 Å². The van der Waals surface area contributed by atoms with E-state index in [1.807, 2.05) is 0 Å². The van der Waals surface area contributed by atoms with Gasteiger partial charge in [-0.2, -0.15) is 5.26 Å². The third kappa shape index (κ3) is 597. The average Bonchev–Trinajstić information content (AvgIpc) is 1.33. The number of nitrogens with zero attached hydrogens (tertiary/aromatic N) is 1. The molecule has 42 valence electrons. The molecule has 0 spiro atoms. The van der Waals surface area contributed by atoms with E-state index < -0.39 is 6.16 Å². The van der Waals surface area contributed by atoms with Gasteiger partial charge in [0.25, 0.3) is 0 Å². The predicted octanol–water partition coefficient (Wildman–Crippen LogP) is -1.000. The van der Waals surface area contributed by atoms with Gasteiger partial charge in [0.1, 0.15) is 0 Å². The van der Waals surface area contributed by atoms with Crippen molar-refractivity contribution in [3.8, 4) is 6.19 Å². The second-order valence-electron chi connectivity index (χ2n) is 0.412. The summed E-state index contributed by atoms with van der Waals surface area (Å²) in [5.74, 6) is 0. The number of hydrogen-bond donors (Lipinski definition) is 3. The molecule has 5 nitrogen and oxygen atoms in total. The molecule has 0 aromatic rings. The fourth-order valence-corrected chi connectivity index (χ4v) is 0. The zero-order chi connectivity index (χ0) is 6.28. The van der Waals surface area contributed by atoms with Crippen molar-refractivity contribution >= 4 is 35.7 Å². The molecule has 0 aromatic heterocycles. The van der Waals surface area contributed by atoms with Gasteiger partial charge in [0.05, 0.1) is 0 Å². The van der Waals surface area contributed by atoms with Crippen LogP contribution in [0.2, 0.25) is 0 Å². The van der Waals surface area contributed by atoms with Crippen LogP contribution in [0.15, 0.2) is 0 Å². The Morgan fingerprint density at radius 3 is 1.62 bits per heavy atom. The van der Waals surface area contributed by atoms with Crippen LogP contribution >= 0.6 is 0 Å². The van der Waals surface area contributed by atoms with Crippen molar-refractivity contribution in [3.63, 3.8) is 0 Å². The quantitative estimate of drug-likeness (QED) is 0.220. The first-order chi connectivity index (χ1) is 3.15. The summed E-state index contributed by atoms with van der Waals surface area (Å²) in [6.45, 7) is 0. The van der Waals surface area contributed by atoms with Crippen LogP contribution in [0.3, 0.4) is 0 Å². The molecule has 0 amide bonds. The molecule has 0 saturated heterocycles. The van der Waals surface area contributed by atoms with Gasteiger partial charge in [-0.1, -0.05) is 0 Å². The normalized spacial score (nSPS) is 3.88. The van der Waals surface area contributed by atoms with Crippen LogP contribution in [0.4, 0.5) is 4.79 Å². The topological polar surface area (TPSA) is 107 Å². The van der Waals surface area contributed by atoms with Crippen molar-refractivity contribution in [1.82, 2.24) is 0 Å². The third-order valence-electron chi connectivity index (χ3n) is 0. The Bertz CT molecular complexity index is 83.8. The molecule has 8 heavy (non-hydrogen) atoms. The summed E-state index contributed by atoms with van der Waals surface area (Å²) in [5, 5.41) is 21.0. The van der Waals surface area contributed by atoms with Crippen LogP contribution in [0.25, 0.3) is 0 Å². The van der Waals surface area contributed by atoms with E-state index in [0.29, 0.717) is 0 Å². The molecule has 0 radical (unpaired) electrons. The number of rotatable bonds is 0. The Kier molecular flexibility index (Phi) is 31.3. The molecule has 0 aliphatic heterocycles. The Balaban J connectivity index is -0.0000000575. The van der Waals surface area contributed by atoms with E-state index in [4.69, 9.17) is 20.3 Å². The molecular formula is C2H5N2NaO3. The molecule has 0 aliphatic carbocycles. The SMILES string of the molecule is N#CN.O=C(O)O.[NaH]. The second-order valence-corrected chi connectivity index (χ2v) is 0.412. The molecule has 0 saturated carbocycles. The van der Waals surface area contributed by atoms with Gasteiger partial charge >= 0.3 is 35.7 Å². The van der Waals surface area contributed by atoms with Gasteiger partial charge in [-0.15, -0.1) is 0 Å². The van der Waals surface area contributed by atoms with Crippen molar-refractivity contribution in [3.05, 3.63) is 0 Å². The van der Waals surface area contributed by atoms with Crippen LogP contribution in [-0.4, -0.2) is 45.9 Å². The molecule has 6 heteroatoms. The van der Waals surface area contributed by atoms with Crippen molar-refractivity contribution in [1.29, 1.82) is 5.26 Å². The van der Waals surface area contributed by atoms with Crippen LogP contribution in [0.1, 0.15) is 0 Å². The molecule has 0 aromatic carbocycles. The molecule has 0 heterocycles. The fourth-order valence-electron chi connectivity index (χ4n) is 0. The van der Waals surface area contributed by atoms with E-state index in [0.717, 1.165) is 0 Å². The summed E-state index contributed by atoms with van der Waals surface area (Å²) in [7, 11) is 0. The maximum atomic E-state index is 8.56. The average molecular weight is 128 g/mol. The number of carbonyl (C=O) groups is 1. The monoisotopic (exact) mass is 128 g/mol. The van der Waals surface area contributed by atoms with E-state index >= 15 is 0 Å². The summed E-state index contributed by atoms with van der Waals surface area (Å²) in [4.78, 5) is 8.56. The standard InChI is InChI=1S/CH2N2.CH2O3.Na.H/c2-1-3;2-1(3)4;;/h2H2;(H2,2,3,4);;. The van der Waals surface area contributed by atoms with Crippen molar-refractivity contribution < 1.29 is 15.0 Å². The zero-order valence-corrected chi connectivity index (χ0v) is 3.33. The summed E-state index contributed by atoms with van der Waals surface area (Å²) in [6.07, 6.45) is -0.583. The molecular weight excluding hydrogens is 123 g/mol. The number of nitriles is 1. The summed E-state index contributed by atoms with van der Waals surface area (Å²) in [5.41, 5.74) is 4.15. The summed E-state index contributed by atoms with van der Waals surface area (Å²) < 4.78 is 0. The fraction of sp³-hybridized carbons (Fsp3) is 0. The minimum atomic E-state index is -1.83. The van der Waals surface area contributed by atoms with E-state index in [2.05, 4.69) is 5.73 Å². The Morgan fingerprint density at radius 1 is 1.62 bits per heavy atom. The first-order valence-electron chi connectivity index (χ1n) is 1.16. The Labute approximate surface area is 68.0 Å². The van der Waals surface area contributed by atoms with Crippen molar-refractivity contribution in [2.75, 3.05) is 0 Å². The second kappa shape index (κ2) is 16.0. The van der Waals surface area contributed by atoms with Gasteiger partial charge in [-0.3, -0.25) is 0 Å². The molecule has 4 N–H and O–H groups in total. The van der Waals surface area contributed by atoms with Crippen LogP contribution < -0.4 is 5.73 Å². The molecule has 0 unspecified atom stereocenters. The van der Waals surface area contributed by atoms with Crippen molar-refractivity contribution in [2.45, 2.75) is 0 Å². The predicted molar refractivity (Wildman–Crippen MR) is 27.6 cm³/mol. The molecule has 0 aliphatic rings. The first-order valence-corrected chi connectivity index (χ1v) is 1.16. The number of carboxylic acid groups (broad SMARTS) is 2. The van der Waals surface area contributed by atoms with Crippen LogP contribution in [0.5, 0.6) is 0 Å². The van der Waals surface area contributed by atoms with Gasteiger partial charge in [0, 0.05) is 0 Å². The van der Waals surface area contributed by atoms with Gasteiger partial charge in [-0.05, 0) is 0 Å². The molecule has 0 atom stereocenters. The van der Waals surface area contributed by atoms with Crippen molar-refractivity contribution in [2.24, 2.45) is 5.73 Å². The third-order valence-corrected chi connectivity index (χ3v) is 0. The summed E-state index contributed by atoms with van der Waals surface area (Å²) in [6, 6.07) is 0. The Hall–Kier alpha value is -0.440. The van der Waals surface area contributed by atoms with E-state index in [1.165, 1.54) is 6.19 Å². The molecule has 0 rings (SSSR count). The zero-order valence-electron chi connectivity index (χ0n) is 3.33. The minimum absolute atomic E-state index is 0. The summed E-state index contributed by atoms with van der Waals surface area (Å²) >= 11 is 0. The molecule has 0 fully saturated rings. The number of hydrogen-bond acceptors (Lipinski definition) is 3. The van der Waals surface area contributed by atoms with Gasteiger partial charge < -0.3 is 15.9 Å².